The van der Waals surface area contributed by atoms with Gasteiger partial charge in [-0.25, -0.2) is 4.79 Å². The number of hydrogen-bond acceptors (Lipinski definition) is 5. The summed E-state index contributed by atoms with van der Waals surface area (Å²) in [7, 11) is 0. The van der Waals surface area contributed by atoms with Crippen LogP contribution in [0.5, 0.6) is 0 Å². The predicted octanol–water partition coefficient (Wildman–Crippen LogP) is 4.53. The van der Waals surface area contributed by atoms with Crippen LogP contribution in [-0.4, -0.2) is 18.5 Å². The van der Waals surface area contributed by atoms with Crippen molar-refractivity contribution in [2.75, 3.05) is 11.9 Å². The molecule has 0 unspecified atom stereocenters. The second-order valence-electron chi connectivity index (χ2n) is 5.43. The summed E-state index contributed by atoms with van der Waals surface area (Å²) in [6, 6.07) is 18.9. The number of carbonyl (C=O) groups excluding carboxylic acids is 2. The normalized spacial score (nSPS) is 10.3. The van der Waals surface area contributed by atoms with E-state index in [9.17, 15) is 9.59 Å². The molecule has 6 heteroatoms. The zero-order valence-corrected chi connectivity index (χ0v) is 14.9. The standard InChI is InChI=1S/C20H17NO4S/c1-14-16(11-12-24-14)20(23)25-13-19(22)21-17-9-5-6-10-18(17)26-15-7-3-2-4-8-15/h2-12H,13H2,1H3,(H,21,22). The van der Waals surface area contributed by atoms with Crippen molar-refractivity contribution in [3.63, 3.8) is 0 Å². The third-order valence-electron chi connectivity index (χ3n) is 3.55. The van der Waals surface area contributed by atoms with Crippen LogP contribution in [0.25, 0.3) is 0 Å². The van der Waals surface area contributed by atoms with E-state index < -0.39 is 11.9 Å². The minimum atomic E-state index is -0.585. The quantitative estimate of drug-likeness (QED) is 0.648. The Bertz CT molecular complexity index is 905. The molecular formula is C20H17NO4S. The highest BCUT2D eigenvalue weighted by Crippen LogP contribution is 2.33. The molecule has 0 aliphatic heterocycles. The summed E-state index contributed by atoms with van der Waals surface area (Å²) in [6.07, 6.45) is 1.41. The SMILES string of the molecule is Cc1occc1C(=O)OCC(=O)Nc1ccccc1Sc1ccccc1. The molecule has 0 spiro atoms. The van der Waals surface area contributed by atoms with Gasteiger partial charge in [-0.1, -0.05) is 42.1 Å². The number of rotatable bonds is 6. The molecule has 3 rings (SSSR count). The van der Waals surface area contributed by atoms with Crippen molar-refractivity contribution < 1.29 is 18.7 Å². The monoisotopic (exact) mass is 367 g/mol. The topological polar surface area (TPSA) is 68.5 Å². The van der Waals surface area contributed by atoms with Gasteiger partial charge in [0.1, 0.15) is 11.3 Å². The van der Waals surface area contributed by atoms with Crippen LogP contribution < -0.4 is 5.32 Å². The van der Waals surface area contributed by atoms with E-state index in [1.54, 1.807) is 18.7 Å². The van der Waals surface area contributed by atoms with Crippen molar-refractivity contribution in [3.05, 3.63) is 78.3 Å². The Balaban J connectivity index is 1.61. The fraction of sp³-hybridized carbons (Fsp3) is 0.100. The van der Waals surface area contributed by atoms with Crippen molar-refractivity contribution >= 4 is 29.3 Å². The Labute approximate surface area is 155 Å². The van der Waals surface area contributed by atoms with Gasteiger partial charge in [-0.2, -0.15) is 0 Å². The molecule has 5 nitrogen and oxygen atoms in total. The molecule has 1 amide bonds. The Kier molecular flexibility index (Phi) is 5.76. The highest BCUT2D eigenvalue weighted by atomic mass is 32.2. The van der Waals surface area contributed by atoms with Crippen LogP contribution in [0.3, 0.4) is 0 Å². The van der Waals surface area contributed by atoms with Crippen molar-refractivity contribution in [1.82, 2.24) is 0 Å². The molecule has 132 valence electrons. The lowest BCUT2D eigenvalue weighted by atomic mass is 10.3. The van der Waals surface area contributed by atoms with Gasteiger partial charge in [-0.05, 0) is 37.3 Å². The number of benzene rings is 2. The van der Waals surface area contributed by atoms with E-state index in [-0.39, 0.29) is 6.61 Å². The fourth-order valence-electron chi connectivity index (χ4n) is 2.27. The van der Waals surface area contributed by atoms with Gasteiger partial charge in [0.15, 0.2) is 6.61 Å². The van der Waals surface area contributed by atoms with Gasteiger partial charge in [0, 0.05) is 9.79 Å². The van der Waals surface area contributed by atoms with E-state index in [0.717, 1.165) is 9.79 Å². The first-order valence-corrected chi connectivity index (χ1v) is 8.78. The molecule has 0 saturated heterocycles. The summed E-state index contributed by atoms with van der Waals surface area (Å²) in [5.41, 5.74) is 0.986. The van der Waals surface area contributed by atoms with Crippen LogP contribution in [0.2, 0.25) is 0 Å². The lowest BCUT2D eigenvalue weighted by Gasteiger charge is -2.11. The number of furan rings is 1. The van der Waals surface area contributed by atoms with Gasteiger partial charge < -0.3 is 14.5 Å². The summed E-state index contributed by atoms with van der Waals surface area (Å²) in [5, 5.41) is 2.79. The number of esters is 1. The predicted molar refractivity (Wildman–Crippen MR) is 99.4 cm³/mol. The minimum absolute atomic E-state index is 0.317. The van der Waals surface area contributed by atoms with Gasteiger partial charge in [0.25, 0.3) is 5.91 Å². The number of carbonyl (C=O) groups is 2. The van der Waals surface area contributed by atoms with Crippen molar-refractivity contribution in [2.45, 2.75) is 16.7 Å². The van der Waals surface area contributed by atoms with Crippen LogP contribution in [0.1, 0.15) is 16.1 Å². The maximum absolute atomic E-state index is 12.2. The van der Waals surface area contributed by atoms with E-state index in [0.29, 0.717) is 17.0 Å². The molecule has 0 aliphatic rings. The summed E-state index contributed by atoms with van der Waals surface area (Å²) in [4.78, 5) is 26.1. The van der Waals surface area contributed by atoms with Crippen molar-refractivity contribution in [1.29, 1.82) is 0 Å². The van der Waals surface area contributed by atoms with Crippen LogP contribution in [0.4, 0.5) is 5.69 Å². The molecule has 1 N–H and O–H groups in total. The molecule has 0 radical (unpaired) electrons. The zero-order valence-electron chi connectivity index (χ0n) is 14.1. The summed E-state index contributed by atoms with van der Waals surface area (Å²) in [6.45, 7) is 1.29. The fourth-order valence-corrected chi connectivity index (χ4v) is 3.19. The number of aryl methyl sites for hydroxylation is 1. The van der Waals surface area contributed by atoms with E-state index in [4.69, 9.17) is 9.15 Å². The maximum atomic E-state index is 12.2. The van der Waals surface area contributed by atoms with Gasteiger partial charge in [0.2, 0.25) is 0 Å². The molecule has 1 heterocycles. The number of nitrogens with one attached hydrogen (secondary N) is 1. The average molecular weight is 367 g/mol. The number of anilines is 1. The number of amides is 1. The van der Waals surface area contributed by atoms with Crippen molar-refractivity contribution in [2.24, 2.45) is 0 Å². The number of para-hydroxylation sites is 1. The first-order chi connectivity index (χ1) is 12.6. The molecule has 0 aliphatic carbocycles. The summed E-state index contributed by atoms with van der Waals surface area (Å²) in [5.74, 6) is -0.529. The maximum Gasteiger partial charge on any atom is 0.342 e. The Morgan fingerprint density at radius 1 is 1.04 bits per heavy atom. The minimum Gasteiger partial charge on any atom is -0.469 e. The first kappa shape index (κ1) is 17.8. The van der Waals surface area contributed by atoms with Crippen LogP contribution in [0.15, 0.2) is 81.1 Å². The van der Waals surface area contributed by atoms with Gasteiger partial charge in [-0.3, -0.25) is 4.79 Å². The first-order valence-electron chi connectivity index (χ1n) is 7.96. The van der Waals surface area contributed by atoms with E-state index in [1.807, 2.05) is 54.6 Å². The van der Waals surface area contributed by atoms with Gasteiger partial charge in [0.05, 0.1) is 12.0 Å². The Hall–Kier alpha value is -2.99. The second kappa shape index (κ2) is 8.40. The lowest BCUT2D eigenvalue weighted by molar-refractivity contribution is -0.119. The molecule has 0 saturated carbocycles. The molecule has 26 heavy (non-hydrogen) atoms. The van der Waals surface area contributed by atoms with Crippen LogP contribution in [0, 0.1) is 6.92 Å². The zero-order chi connectivity index (χ0) is 18.4. The smallest absolute Gasteiger partial charge is 0.342 e. The average Bonchev–Trinajstić information content (AvgIpc) is 3.08. The molecule has 3 aromatic rings. The highest BCUT2D eigenvalue weighted by Gasteiger charge is 2.15. The molecule has 0 bridgehead atoms. The molecule has 2 aromatic carbocycles. The van der Waals surface area contributed by atoms with Gasteiger partial charge >= 0.3 is 5.97 Å². The largest absolute Gasteiger partial charge is 0.469 e. The molecular weight excluding hydrogens is 350 g/mol. The molecule has 0 fully saturated rings. The molecule has 1 aromatic heterocycles. The molecule has 0 atom stereocenters. The number of hydrogen-bond donors (Lipinski definition) is 1. The summed E-state index contributed by atoms with van der Waals surface area (Å²) < 4.78 is 10.1. The third-order valence-corrected chi connectivity index (χ3v) is 4.63. The highest BCUT2D eigenvalue weighted by molar-refractivity contribution is 7.99. The van der Waals surface area contributed by atoms with Crippen molar-refractivity contribution in [3.8, 4) is 0 Å². The van der Waals surface area contributed by atoms with Crippen LogP contribution in [-0.2, 0) is 9.53 Å². The Morgan fingerprint density at radius 3 is 2.50 bits per heavy atom. The Morgan fingerprint density at radius 2 is 1.77 bits per heavy atom. The van der Waals surface area contributed by atoms with Crippen LogP contribution >= 0.6 is 11.8 Å². The number of ether oxygens (including phenoxy) is 1. The van der Waals surface area contributed by atoms with Gasteiger partial charge in [-0.15, -0.1) is 0 Å². The van der Waals surface area contributed by atoms with E-state index >= 15 is 0 Å². The summed E-state index contributed by atoms with van der Waals surface area (Å²) >= 11 is 1.55. The second-order valence-corrected chi connectivity index (χ2v) is 6.54. The lowest BCUT2D eigenvalue weighted by Crippen LogP contribution is -2.21. The van der Waals surface area contributed by atoms with E-state index in [1.165, 1.54) is 12.3 Å². The third kappa shape index (κ3) is 4.55. The van der Waals surface area contributed by atoms with E-state index in [2.05, 4.69) is 5.32 Å².